The molecule has 0 fully saturated rings. The van der Waals surface area contributed by atoms with Crippen molar-refractivity contribution in [2.75, 3.05) is 0 Å². The summed E-state index contributed by atoms with van der Waals surface area (Å²) < 4.78 is 0. The predicted octanol–water partition coefficient (Wildman–Crippen LogP) is 3.55. The minimum atomic E-state index is -0.762. The van der Waals surface area contributed by atoms with Crippen molar-refractivity contribution in [2.45, 2.75) is 66.2 Å². The Morgan fingerprint density at radius 2 is 1.44 bits per heavy atom. The van der Waals surface area contributed by atoms with Crippen molar-refractivity contribution >= 4 is 11.9 Å². The van der Waals surface area contributed by atoms with Crippen LogP contribution in [-0.2, 0) is 9.59 Å². The third kappa shape index (κ3) is 9.02. The van der Waals surface area contributed by atoms with Crippen molar-refractivity contribution in [3.8, 4) is 0 Å². The van der Waals surface area contributed by atoms with Gasteiger partial charge in [0, 0.05) is 6.42 Å². The van der Waals surface area contributed by atoms with Gasteiger partial charge in [0.25, 0.3) is 0 Å². The third-order valence-electron chi connectivity index (χ3n) is 3.08. The van der Waals surface area contributed by atoms with Crippen molar-refractivity contribution < 1.29 is 19.8 Å². The highest BCUT2D eigenvalue weighted by atomic mass is 16.4. The SMILES string of the molecule is CC(C)(CCCCC(=O)O)CC(C)(C)CC(=O)O. The zero-order valence-corrected chi connectivity index (χ0v) is 12.0. The van der Waals surface area contributed by atoms with Gasteiger partial charge in [-0.2, -0.15) is 0 Å². The zero-order valence-electron chi connectivity index (χ0n) is 12.0. The van der Waals surface area contributed by atoms with Crippen molar-refractivity contribution in [3.05, 3.63) is 0 Å². The van der Waals surface area contributed by atoms with Crippen LogP contribution in [0.2, 0.25) is 0 Å². The molecule has 0 aromatic heterocycles. The summed E-state index contributed by atoms with van der Waals surface area (Å²) in [6.45, 7) is 8.19. The molecule has 0 aromatic rings. The lowest BCUT2D eigenvalue weighted by molar-refractivity contribution is -0.140. The minimum Gasteiger partial charge on any atom is -0.481 e. The molecule has 0 saturated carbocycles. The summed E-state index contributed by atoms with van der Waals surface area (Å²) in [7, 11) is 0. The van der Waals surface area contributed by atoms with E-state index in [-0.39, 0.29) is 23.7 Å². The van der Waals surface area contributed by atoms with E-state index in [1.54, 1.807) is 0 Å². The van der Waals surface area contributed by atoms with Gasteiger partial charge in [-0.25, -0.2) is 0 Å². The third-order valence-corrected chi connectivity index (χ3v) is 3.08. The second-order valence-electron chi connectivity index (χ2n) is 6.68. The van der Waals surface area contributed by atoms with Gasteiger partial charge in [-0.1, -0.05) is 34.1 Å². The topological polar surface area (TPSA) is 74.6 Å². The lowest BCUT2D eigenvalue weighted by Crippen LogP contribution is -2.25. The van der Waals surface area contributed by atoms with Crippen molar-refractivity contribution in [1.29, 1.82) is 0 Å². The molecule has 4 nitrogen and oxygen atoms in total. The molecule has 0 amide bonds. The van der Waals surface area contributed by atoms with E-state index in [0.717, 1.165) is 19.3 Å². The molecule has 2 N–H and O–H groups in total. The highest BCUT2D eigenvalue weighted by Crippen LogP contribution is 2.39. The van der Waals surface area contributed by atoms with Crippen LogP contribution in [0.25, 0.3) is 0 Å². The maximum absolute atomic E-state index is 10.8. The van der Waals surface area contributed by atoms with E-state index in [0.29, 0.717) is 6.42 Å². The van der Waals surface area contributed by atoms with Crippen LogP contribution in [0.3, 0.4) is 0 Å². The Balaban J connectivity index is 4.12. The van der Waals surface area contributed by atoms with Crippen LogP contribution in [0, 0.1) is 10.8 Å². The quantitative estimate of drug-likeness (QED) is 0.620. The fraction of sp³-hybridized carbons (Fsp3) is 0.857. The predicted molar refractivity (Wildman–Crippen MR) is 70.5 cm³/mol. The Morgan fingerprint density at radius 1 is 0.889 bits per heavy atom. The van der Waals surface area contributed by atoms with E-state index in [4.69, 9.17) is 10.2 Å². The second kappa shape index (κ2) is 6.76. The smallest absolute Gasteiger partial charge is 0.303 e. The number of carbonyl (C=O) groups is 2. The molecule has 4 heteroatoms. The molecule has 0 rings (SSSR count). The summed E-state index contributed by atoms with van der Waals surface area (Å²) in [5, 5.41) is 17.4. The summed E-state index contributed by atoms with van der Waals surface area (Å²) in [6, 6.07) is 0. The molecule has 18 heavy (non-hydrogen) atoms. The van der Waals surface area contributed by atoms with Gasteiger partial charge in [0.1, 0.15) is 0 Å². The maximum Gasteiger partial charge on any atom is 0.303 e. The van der Waals surface area contributed by atoms with Crippen LogP contribution in [0.1, 0.15) is 66.2 Å². The van der Waals surface area contributed by atoms with Crippen LogP contribution in [0.4, 0.5) is 0 Å². The van der Waals surface area contributed by atoms with E-state index in [1.807, 2.05) is 13.8 Å². The molecule has 0 atom stereocenters. The summed E-state index contributed by atoms with van der Waals surface area (Å²) in [4.78, 5) is 21.2. The molecule has 0 saturated heterocycles. The van der Waals surface area contributed by atoms with Gasteiger partial charge in [0.15, 0.2) is 0 Å². The van der Waals surface area contributed by atoms with Gasteiger partial charge in [-0.15, -0.1) is 0 Å². The molecule has 0 aromatic carbocycles. The Bertz CT molecular complexity index is 292. The molecule has 0 bridgehead atoms. The Hall–Kier alpha value is -1.06. The van der Waals surface area contributed by atoms with Crippen molar-refractivity contribution in [1.82, 2.24) is 0 Å². The van der Waals surface area contributed by atoms with E-state index in [2.05, 4.69) is 13.8 Å². The average Bonchev–Trinajstić information content (AvgIpc) is 2.07. The van der Waals surface area contributed by atoms with E-state index in [9.17, 15) is 9.59 Å². The monoisotopic (exact) mass is 258 g/mol. The number of hydrogen-bond donors (Lipinski definition) is 2. The molecule has 0 aliphatic carbocycles. The Morgan fingerprint density at radius 3 is 1.89 bits per heavy atom. The van der Waals surface area contributed by atoms with Crippen LogP contribution >= 0.6 is 0 Å². The lowest BCUT2D eigenvalue weighted by atomic mass is 9.71. The summed E-state index contributed by atoms with van der Waals surface area (Å²) >= 11 is 0. The first kappa shape index (κ1) is 16.9. The van der Waals surface area contributed by atoms with Gasteiger partial charge in [-0.3, -0.25) is 9.59 Å². The van der Waals surface area contributed by atoms with Gasteiger partial charge < -0.3 is 10.2 Å². The van der Waals surface area contributed by atoms with Gasteiger partial charge in [0.05, 0.1) is 6.42 Å². The van der Waals surface area contributed by atoms with E-state index in [1.165, 1.54) is 0 Å². The maximum atomic E-state index is 10.8. The Labute approximate surface area is 109 Å². The fourth-order valence-electron chi connectivity index (χ4n) is 2.74. The number of unbranched alkanes of at least 4 members (excludes halogenated alkanes) is 1. The minimum absolute atomic E-state index is 0.0530. The van der Waals surface area contributed by atoms with E-state index < -0.39 is 11.9 Å². The molecule has 0 unspecified atom stereocenters. The van der Waals surface area contributed by atoms with E-state index >= 15 is 0 Å². The van der Waals surface area contributed by atoms with Gasteiger partial charge in [-0.05, 0) is 30.1 Å². The lowest BCUT2D eigenvalue weighted by Gasteiger charge is -2.34. The summed E-state index contributed by atoms with van der Waals surface area (Å²) in [5.74, 6) is -1.51. The summed E-state index contributed by atoms with van der Waals surface area (Å²) in [5.41, 5.74) is -0.167. The number of aliphatic carboxylic acids is 2. The first-order valence-corrected chi connectivity index (χ1v) is 6.48. The first-order chi connectivity index (χ1) is 8.04. The molecular weight excluding hydrogens is 232 g/mol. The number of carboxylic acid groups (broad SMARTS) is 2. The average molecular weight is 258 g/mol. The van der Waals surface area contributed by atoms with Crippen molar-refractivity contribution in [3.63, 3.8) is 0 Å². The molecule has 106 valence electrons. The molecule has 0 heterocycles. The fourth-order valence-corrected chi connectivity index (χ4v) is 2.74. The van der Waals surface area contributed by atoms with Crippen LogP contribution in [-0.4, -0.2) is 22.2 Å². The van der Waals surface area contributed by atoms with Crippen LogP contribution in [0.5, 0.6) is 0 Å². The van der Waals surface area contributed by atoms with Crippen LogP contribution in [0.15, 0.2) is 0 Å². The number of hydrogen-bond acceptors (Lipinski definition) is 2. The van der Waals surface area contributed by atoms with Crippen molar-refractivity contribution in [2.24, 2.45) is 10.8 Å². The van der Waals surface area contributed by atoms with Gasteiger partial charge in [0.2, 0.25) is 0 Å². The van der Waals surface area contributed by atoms with Crippen LogP contribution < -0.4 is 0 Å². The highest BCUT2D eigenvalue weighted by Gasteiger charge is 2.30. The normalized spacial score (nSPS) is 12.4. The largest absolute Gasteiger partial charge is 0.481 e. The highest BCUT2D eigenvalue weighted by molar-refractivity contribution is 5.67. The first-order valence-electron chi connectivity index (χ1n) is 6.48. The number of rotatable bonds is 9. The molecule has 0 aliphatic rings. The molecule has 0 spiro atoms. The van der Waals surface area contributed by atoms with Gasteiger partial charge >= 0.3 is 11.9 Å². The number of carboxylic acids is 2. The second-order valence-corrected chi connectivity index (χ2v) is 6.68. The molecule has 0 radical (unpaired) electrons. The summed E-state index contributed by atoms with van der Waals surface area (Å²) in [6.07, 6.45) is 3.73. The molecule has 0 aliphatic heterocycles. The molecular formula is C14H26O4. The zero-order chi connectivity index (χ0) is 14.4. The Kier molecular flexibility index (Phi) is 6.36. The standard InChI is InChI=1S/C14H26O4/c1-13(2,8-6-5-7-11(15)16)10-14(3,4)9-12(17)18/h5-10H2,1-4H3,(H,15,16)(H,17,18).